The fourth-order valence-electron chi connectivity index (χ4n) is 1.47. The van der Waals surface area contributed by atoms with Crippen LogP contribution in [0.1, 0.15) is 18.1 Å². The normalized spacial score (nSPS) is 11.7. The monoisotopic (exact) mass is 284 g/mol. The van der Waals surface area contributed by atoms with Gasteiger partial charge < -0.3 is 5.11 Å². The first kappa shape index (κ1) is 15.2. The molecule has 0 radical (unpaired) electrons. The van der Waals surface area contributed by atoms with Crippen LogP contribution in [-0.2, 0) is 21.4 Å². The van der Waals surface area contributed by atoms with Crippen molar-refractivity contribution in [1.82, 2.24) is 4.72 Å². The third-order valence-corrected chi connectivity index (χ3v) is 3.47. The van der Waals surface area contributed by atoms with Crippen LogP contribution in [0.2, 0.25) is 0 Å². The van der Waals surface area contributed by atoms with Crippen LogP contribution in [0.25, 0.3) is 6.08 Å². The first-order valence-electron chi connectivity index (χ1n) is 5.63. The smallest absolute Gasteiger partial charge is 0.328 e. The zero-order valence-electron chi connectivity index (χ0n) is 10.7. The maximum atomic E-state index is 11.4. The number of carboxylic acid groups (broad SMARTS) is 1. The molecule has 0 unspecified atom stereocenters. The van der Waals surface area contributed by atoms with Crippen molar-refractivity contribution in [2.45, 2.75) is 13.3 Å². The zero-order chi connectivity index (χ0) is 14.5. The first-order valence-corrected chi connectivity index (χ1v) is 7.11. The SMILES string of the molecule is CCc1cc(/C=C/C(=O)O)ccc1NS(=O)(=O)NC. The molecule has 7 heteroatoms. The van der Waals surface area contributed by atoms with Gasteiger partial charge in [0.2, 0.25) is 0 Å². The van der Waals surface area contributed by atoms with E-state index in [4.69, 9.17) is 5.11 Å². The van der Waals surface area contributed by atoms with Crippen LogP contribution in [-0.4, -0.2) is 26.5 Å². The Balaban J connectivity index is 3.06. The Morgan fingerprint density at radius 2 is 2.11 bits per heavy atom. The van der Waals surface area contributed by atoms with E-state index in [0.717, 1.165) is 11.6 Å². The van der Waals surface area contributed by atoms with E-state index in [1.165, 1.54) is 13.1 Å². The van der Waals surface area contributed by atoms with Gasteiger partial charge in [-0.25, -0.2) is 9.52 Å². The van der Waals surface area contributed by atoms with Gasteiger partial charge >= 0.3 is 5.97 Å². The van der Waals surface area contributed by atoms with Crippen LogP contribution in [0, 0.1) is 0 Å². The molecule has 0 aliphatic carbocycles. The molecule has 3 N–H and O–H groups in total. The quantitative estimate of drug-likeness (QED) is 0.684. The summed E-state index contributed by atoms with van der Waals surface area (Å²) in [6, 6.07) is 4.99. The number of hydrogen-bond donors (Lipinski definition) is 3. The Bertz CT molecular complexity index is 594. The summed E-state index contributed by atoms with van der Waals surface area (Å²) >= 11 is 0. The van der Waals surface area contributed by atoms with Crippen molar-refractivity contribution < 1.29 is 18.3 Å². The lowest BCUT2D eigenvalue weighted by atomic mass is 10.1. The van der Waals surface area contributed by atoms with Crippen LogP contribution in [0.3, 0.4) is 0 Å². The highest BCUT2D eigenvalue weighted by molar-refractivity contribution is 7.90. The van der Waals surface area contributed by atoms with Crippen molar-refractivity contribution >= 4 is 27.9 Å². The highest BCUT2D eigenvalue weighted by Crippen LogP contribution is 2.20. The van der Waals surface area contributed by atoms with E-state index in [0.29, 0.717) is 17.7 Å². The van der Waals surface area contributed by atoms with Gasteiger partial charge in [0.1, 0.15) is 0 Å². The van der Waals surface area contributed by atoms with E-state index in [1.54, 1.807) is 18.2 Å². The number of aryl methyl sites for hydroxylation is 1. The minimum absolute atomic E-state index is 0.476. The van der Waals surface area contributed by atoms with Gasteiger partial charge in [-0.15, -0.1) is 0 Å². The van der Waals surface area contributed by atoms with Gasteiger partial charge in [0.15, 0.2) is 0 Å². The molecule has 6 nitrogen and oxygen atoms in total. The molecule has 0 amide bonds. The van der Waals surface area contributed by atoms with E-state index in [-0.39, 0.29) is 0 Å². The number of carbonyl (C=O) groups is 1. The Kier molecular flexibility index (Phi) is 5.08. The molecule has 1 aromatic rings. The van der Waals surface area contributed by atoms with Crippen molar-refractivity contribution in [3.63, 3.8) is 0 Å². The van der Waals surface area contributed by atoms with Crippen LogP contribution >= 0.6 is 0 Å². The number of carboxylic acids is 1. The molecular weight excluding hydrogens is 268 g/mol. The fourth-order valence-corrected chi connectivity index (χ4v) is 2.06. The molecule has 1 aromatic carbocycles. The van der Waals surface area contributed by atoms with E-state index in [9.17, 15) is 13.2 Å². The van der Waals surface area contributed by atoms with Crippen molar-refractivity contribution in [2.75, 3.05) is 11.8 Å². The van der Waals surface area contributed by atoms with Crippen LogP contribution in [0.5, 0.6) is 0 Å². The van der Waals surface area contributed by atoms with Gasteiger partial charge in [0.05, 0.1) is 5.69 Å². The summed E-state index contributed by atoms with van der Waals surface area (Å²) in [5, 5.41) is 8.55. The van der Waals surface area contributed by atoms with Crippen molar-refractivity contribution in [2.24, 2.45) is 0 Å². The molecule has 0 saturated carbocycles. The number of rotatable bonds is 6. The van der Waals surface area contributed by atoms with Crippen LogP contribution in [0.15, 0.2) is 24.3 Å². The van der Waals surface area contributed by atoms with Gasteiger partial charge in [-0.1, -0.05) is 13.0 Å². The number of anilines is 1. The Morgan fingerprint density at radius 1 is 1.42 bits per heavy atom. The summed E-state index contributed by atoms with van der Waals surface area (Å²) in [5.74, 6) is -1.03. The topological polar surface area (TPSA) is 95.5 Å². The Hall–Kier alpha value is -1.86. The lowest BCUT2D eigenvalue weighted by molar-refractivity contribution is -0.131. The summed E-state index contributed by atoms with van der Waals surface area (Å²) in [4.78, 5) is 10.4. The van der Waals surface area contributed by atoms with E-state index < -0.39 is 16.2 Å². The molecule has 0 bridgehead atoms. The highest BCUT2D eigenvalue weighted by atomic mass is 32.2. The second-order valence-corrected chi connectivity index (χ2v) is 5.37. The third kappa shape index (κ3) is 4.72. The summed E-state index contributed by atoms with van der Waals surface area (Å²) in [6.07, 6.45) is 3.11. The van der Waals surface area contributed by atoms with E-state index >= 15 is 0 Å². The molecule has 104 valence electrons. The molecule has 0 aliphatic heterocycles. The average molecular weight is 284 g/mol. The van der Waals surface area contributed by atoms with Gasteiger partial charge in [0.25, 0.3) is 10.2 Å². The number of benzene rings is 1. The van der Waals surface area contributed by atoms with E-state index in [1.807, 2.05) is 6.92 Å². The second-order valence-electron chi connectivity index (χ2n) is 3.75. The highest BCUT2D eigenvalue weighted by Gasteiger charge is 2.09. The summed E-state index contributed by atoms with van der Waals surface area (Å²) in [6.45, 7) is 1.89. The number of aliphatic carboxylic acids is 1. The molecule has 0 fully saturated rings. The number of nitrogens with one attached hydrogen (secondary N) is 2. The minimum Gasteiger partial charge on any atom is -0.478 e. The van der Waals surface area contributed by atoms with Crippen molar-refractivity contribution in [1.29, 1.82) is 0 Å². The van der Waals surface area contributed by atoms with Gasteiger partial charge in [-0.3, -0.25) is 4.72 Å². The lowest BCUT2D eigenvalue weighted by Crippen LogP contribution is -2.26. The molecule has 1 rings (SSSR count). The molecular formula is C12H16N2O4S. The van der Waals surface area contributed by atoms with Crippen molar-refractivity contribution in [3.05, 3.63) is 35.4 Å². The number of hydrogen-bond acceptors (Lipinski definition) is 3. The maximum Gasteiger partial charge on any atom is 0.328 e. The molecule has 0 aliphatic rings. The van der Waals surface area contributed by atoms with Crippen LogP contribution < -0.4 is 9.44 Å². The zero-order valence-corrected chi connectivity index (χ0v) is 11.5. The second kappa shape index (κ2) is 6.35. The Labute approximate surface area is 112 Å². The predicted molar refractivity (Wildman–Crippen MR) is 74.1 cm³/mol. The molecule has 0 spiro atoms. The fraction of sp³-hybridized carbons (Fsp3) is 0.250. The van der Waals surface area contributed by atoms with Gasteiger partial charge in [0, 0.05) is 13.1 Å². The standard InChI is InChI=1S/C12H16N2O4S/c1-3-10-8-9(5-7-12(15)16)4-6-11(10)14-19(17,18)13-2/h4-8,13-14H,3H2,1-2H3,(H,15,16)/b7-5+. The Morgan fingerprint density at radius 3 is 2.63 bits per heavy atom. The predicted octanol–water partition coefficient (Wildman–Crippen LogP) is 1.22. The molecule has 0 atom stereocenters. The first-order chi connectivity index (χ1) is 8.88. The lowest BCUT2D eigenvalue weighted by Gasteiger charge is -2.11. The van der Waals surface area contributed by atoms with Gasteiger partial charge in [-0.2, -0.15) is 8.42 Å². The summed E-state index contributed by atoms with van der Waals surface area (Å²) < 4.78 is 27.4. The summed E-state index contributed by atoms with van der Waals surface area (Å²) in [7, 11) is -2.24. The average Bonchev–Trinajstić information content (AvgIpc) is 2.37. The third-order valence-electron chi connectivity index (χ3n) is 2.44. The molecule has 19 heavy (non-hydrogen) atoms. The minimum atomic E-state index is -3.56. The van der Waals surface area contributed by atoms with Gasteiger partial charge in [-0.05, 0) is 35.8 Å². The molecule has 0 saturated heterocycles. The van der Waals surface area contributed by atoms with Crippen LogP contribution in [0.4, 0.5) is 5.69 Å². The van der Waals surface area contributed by atoms with E-state index in [2.05, 4.69) is 9.44 Å². The van der Waals surface area contributed by atoms with Crippen molar-refractivity contribution in [3.8, 4) is 0 Å². The maximum absolute atomic E-state index is 11.4. The summed E-state index contributed by atoms with van der Waals surface area (Å²) in [5.41, 5.74) is 1.96. The molecule has 0 aromatic heterocycles. The largest absolute Gasteiger partial charge is 0.478 e. The molecule has 0 heterocycles.